The number of nitrogens with one attached hydrogen (secondary N) is 1. The third kappa shape index (κ3) is 12.1. The van der Waals surface area contributed by atoms with Crippen molar-refractivity contribution in [3.05, 3.63) is 103 Å². The van der Waals surface area contributed by atoms with Crippen LogP contribution >= 0.6 is 0 Å². The van der Waals surface area contributed by atoms with E-state index in [1.54, 1.807) is 0 Å². The first kappa shape index (κ1) is 26.0. The van der Waals surface area contributed by atoms with Crippen LogP contribution in [0.2, 0.25) is 0 Å². The summed E-state index contributed by atoms with van der Waals surface area (Å²) < 4.78 is 0. The highest BCUT2D eigenvalue weighted by atomic mass is 15.1. The van der Waals surface area contributed by atoms with Gasteiger partial charge < -0.3 is 10.2 Å². The van der Waals surface area contributed by atoms with E-state index in [1.807, 2.05) is 72.1 Å². The Hall–Kier alpha value is -3.00. The fourth-order valence-electron chi connectivity index (χ4n) is 2.24. The van der Waals surface area contributed by atoms with Crippen LogP contribution in [0.25, 0.3) is 5.57 Å². The Morgan fingerprint density at radius 1 is 0.862 bits per heavy atom. The highest BCUT2D eigenvalue weighted by Gasteiger charge is 1.95. The zero-order chi connectivity index (χ0) is 22.2. The van der Waals surface area contributed by atoms with Crippen LogP contribution in [0, 0.1) is 0 Å². The lowest BCUT2D eigenvalue weighted by atomic mass is 10.1. The first-order valence-corrected chi connectivity index (χ1v) is 10.1. The Labute approximate surface area is 179 Å². The predicted octanol–water partition coefficient (Wildman–Crippen LogP) is 7.95. The van der Waals surface area contributed by atoms with Gasteiger partial charge >= 0.3 is 0 Å². The smallest absolute Gasteiger partial charge is 0.0383 e. The Morgan fingerprint density at radius 2 is 1.41 bits per heavy atom. The lowest BCUT2D eigenvalue weighted by Gasteiger charge is -2.13. The average molecular weight is 391 g/mol. The fraction of sp³-hybridized carbons (Fsp3) is 0.259. The molecule has 2 aromatic carbocycles. The largest absolute Gasteiger partial charge is 0.378 e. The van der Waals surface area contributed by atoms with Crippen molar-refractivity contribution in [1.29, 1.82) is 0 Å². The molecule has 0 radical (unpaired) electrons. The fourth-order valence-corrected chi connectivity index (χ4v) is 2.24. The van der Waals surface area contributed by atoms with E-state index in [1.165, 1.54) is 16.8 Å². The minimum atomic E-state index is 0.956. The highest BCUT2D eigenvalue weighted by Crippen LogP contribution is 2.16. The molecule has 1 N–H and O–H groups in total. The molecule has 0 unspecified atom stereocenters. The number of anilines is 2. The van der Waals surface area contributed by atoms with E-state index in [4.69, 9.17) is 0 Å². The molecule has 2 rings (SSSR count). The molecule has 0 aliphatic carbocycles. The quantitative estimate of drug-likeness (QED) is 0.503. The maximum atomic E-state index is 3.81. The van der Waals surface area contributed by atoms with Gasteiger partial charge in [0.1, 0.15) is 0 Å². The van der Waals surface area contributed by atoms with Gasteiger partial charge in [-0.05, 0) is 56.2 Å². The Kier molecular flexibility index (Phi) is 13.4. The van der Waals surface area contributed by atoms with Gasteiger partial charge in [0.15, 0.2) is 0 Å². The van der Waals surface area contributed by atoms with E-state index >= 15 is 0 Å². The molecule has 156 valence electrons. The zero-order valence-electron chi connectivity index (χ0n) is 19.3. The average Bonchev–Trinajstić information content (AvgIpc) is 2.70. The van der Waals surface area contributed by atoms with Crippen molar-refractivity contribution in [2.75, 3.05) is 24.3 Å². The molecule has 0 saturated carbocycles. The Bertz CT molecular complexity index is 779. The van der Waals surface area contributed by atoms with Crippen LogP contribution in [0.4, 0.5) is 11.4 Å². The third-order valence-electron chi connectivity index (χ3n) is 3.70. The van der Waals surface area contributed by atoms with E-state index in [2.05, 4.69) is 72.8 Å². The van der Waals surface area contributed by atoms with Crippen LogP contribution in [-0.4, -0.2) is 14.1 Å². The second kappa shape index (κ2) is 15.0. The standard InChI is InChI=1S/C14H16.C11H16N2.C2H6/c1-12(2)8-7-9-13(3)14-10-5-4-6-11-14;1-9(2)12-10-5-7-11(8-6-10)13(3)4;1-2/h4-11H,1H2,2-3H3;5-8,12H,1H2,2-4H3;1-2H3/b8-7-,13-9+;;. The molecule has 0 aliphatic rings. The molecule has 2 nitrogen and oxygen atoms in total. The lowest BCUT2D eigenvalue weighted by Crippen LogP contribution is -2.08. The van der Waals surface area contributed by atoms with Crippen molar-refractivity contribution in [3.8, 4) is 0 Å². The summed E-state index contributed by atoms with van der Waals surface area (Å²) in [5.74, 6) is 0. The second-order valence-corrected chi connectivity index (χ2v) is 6.77. The number of rotatable bonds is 6. The first-order valence-electron chi connectivity index (χ1n) is 10.1. The van der Waals surface area contributed by atoms with Crippen LogP contribution in [0.15, 0.2) is 97.3 Å². The summed E-state index contributed by atoms with van der Waals surface area (Å²) in [5.41, 5.74) is 6.84. The van der Waals surface area contributed by atoms with Gasteiger partial charge in [0.05, 0.1) is 0 Å². The van der Waals surface area contributed by atoms with Gasteiger partial charge in [-0.3, -0.25) is 0 Å². The molecule has 0 amide bonds. The van der Waals surface area contributed by atoms with Crippen molar-refractivity contribution in [2.45, 2.75) is 34.6 Å². The van der Waals surface area contributed by atoms with E-state index in [0.29, 0.717) is 0 Å². The second-order valence-electron chi connectivity index (χ2n) is 6.77. The van der Waals surface area contributed by atoms with Gasteiger partial charge in [0.25, 0.3) is 0 Å². The molecular formula is C27H38N2. The van der Waals surface area contributed by atoms with Crippen molar-refractivity contribution < 1.29 is 0 Å². The highest BCUT2D eigenvalue weighted by molar-refractivity contribution is 5.65. The van der Waals surface area contributed by atoms with E-state index in [9.17, 15) is 0 Å². The van der Waals surface area contributed by atoms with Gasteiger partial charge in [0.2, 0.25) is 0 Å². The maximum Gasteiger partial charge on any atom is 0.0383 e. The molecule has 0 spiro atoms. The van der Waals surface area contributed by atoms with Gasteiger partial charge in [-0.25, -0.2) is 0 Å². The summed E-state index contributed by atoms with van der Waals surface area (Å²) in [7, 11) is 4.06. The maximum absolute atomic E-state index is 3.81. The van der Waals surface area contributed by atoms with Crippen LogP contribution in [0.3, 0.4) is 0 Å². The van der Waals surface area contributed by atoms with Crippen LogP contribution in [0.1, 0.15) is 40.2 Å². The Balaban J connectivity index is 0.000000499. The van der Waals surface area contributed by atoms with Crippen molar-refractivity contribution in [1.82, 2.24) is 0 Å². The van der Waals surface area contributed by atoms with Crippen molar-refractivity contribution >= 4 is 16.9 Å². The molecule has 2 heteroatoms. The molecule has 0 aromatic heterocycles. The van der Waals surface area contributed by atoms with Crippen LogP contribution in [0.5, 0.6) is 0 Å². The monoisotopic (exact) mass is 390 g/mol. The van der Waals surface area contributed by atoms with Gasteiger partial charge in [0, 0.05) is 31.2 Å². The van der Waals surface area contributed by atoms with Gasteiger partial charge in [-0.1, -0.05) is 81.1 Å². The molecule has 0 heterocycles. The minimum Gasteiger partial charge on any atom is -0.378 e. The molecule has 0 saturated heterocycles. The molecule has 2 aromatic rings. The SMILES string of the molecule is C=C(C)/C=C\C=C(/C)c1ccccc1.C=C(C)Nc1ccc(N(C)C)cc1.CC. The van der Waals surface area contributed by atoms with E-state index in [-0.39, 0.29) is 0 Å². The topological polar surface area (TPSA) is 15.3 Å². The third-order valence-corrected chi connectivity index (χ3v) is 3.70. The summed E-state index contributed by atoms with van der Waals surface area (Å²) >= 11 is 0. The van der Waals surface area contributed by atoms with E-state index < -0.39 is 0 Å². The first-order chi connectivity index (χ1) is 13.8. The minimum absolute atomic E-state index is 0.956. The van der Waals surface area contributed by atoms with Crippen LogP contribution < -0.4 is 10.2 Å². The number of benzene rings is 2. The predicted molar refractivity (Wildman–Crippen MR) is 135 cm³/mol. The molecular weight excluding hydrogens is 352 g/mol. The number of hydrogen-bond acceptors (Lipinski definition) is 2. The Morgan fingerprint density at radius 3 is 1.86 bits per heavy atom. The molecule has 0 atom stereocenters. The number of hydrogen-bond donors (Lipinski definition) is 1. The summed E-state index contributed by atoms with van der Waals surface area (Å²) in [6.45, 7) is 17.6. The van der Waals surface area contributed by atoms with Gasteiger partial charge in [-0.15, -0.1) is 0 Å². The van der Waals surface area contributed by atoms with Crippen LogP contribution in [-0.2, 0) is 0 Å². The summed E-state index contributed by atoms with van der Waals surface area (Å²) in [4.78, 5) is 2.07. The van der Waals surface area contributed by atoms with E-state index in [0.717, 1.165) is 17.0 Å². The zero-order valence-corrected chi connectivity index (χ0v) is 19.3. The number of allylic oxidation sites excluding steroid dienone is 6. The summed E-state index contributed by atoms with van der Waals surface area (Å²) in [6.07, 6.45) is 6.14. The molecule has 0 bridgehead atoms. The number of nitrogens with zero attached hydrogens (tertiary/aromatic N) is 1. The normalized spacial score (nSPS) is 10.2. The van der Waals surface area contributed by atoms with Gasteiger partial charge in [-0.2, -0.15) is 0 Å². The lowest BCUT2D eigenvalue weighted by molar-refractivity contribution is 1.13. The molecule has 0 aliphatic heterocycles. The molecule has 0 fully saturated rings. The molecule has 29 heavy (non-hydrogen) atoms. The van der Waals surface area contributed by atoms with Crippen molar-refractivity contribution in [3.63, 3.8) is 0 Å². The van der Waals surface area contributed by atoms with Crippen molar-refractivity contribution in [2.24, 2.45) is 0 Å². The summed E-state index contributed by atoms with van der Waals surface area (Å²) in [5, 5.41) is 3.16. The summed E-state index contributed by atoms with van der Waals surface area (Å²) in [6, 6.07) is 18.6.